The number of hydrogen-bond acceptors (Lipinski definition) is 11. The van der Waals surface area contributed by atoms with Gasteiger partial charge in [-0.3, -0.25) is 14.4 Å². The predicted molar refractivity (Wildman–Crippen MR) is 160 cm³/mol. The zero-order valence-corrected chi connectivity index (χ0v) is 26.0. The Hall–Kier alpha value is -4.48. The molecule has 1 fully saturated rings. The highest BCUT2D eigenvalue weighted by Crippen LogP contribution is 2.58. The number of ether oxygens (including phenoxy) is 5. The first kappa shape index (κ1) is 33.4. The minimum absolute atomic E-state index is 0.0170. The van der Waals surface area contributed by atoms with Crippen LogP contribution >= 0.6 is 11.6 Å². The van der Waals surface area contributed by atoms with Gasteiger partial charge in [-0.1, -0.05) is 61.0 Å². The summed E-state index contributed by atoms with van der Waals surface area (Å²) in [6, 6.07) is 15.1. The topological polar surface area (TPSA) is 152 Å². The van der Waals surface area contributed by atoms with Gasteiger partial charge in [-0.05, 0) is 41.7 Å². The van der Waals surface area contributed by atoms with Crippen molar-refractivity contribution in [2.75, 3.05) is 28.4 Å². The number of aliphatic hydroxyl groups is 1. The first-order chi connectivity index (χ1) is 21.4. The molecule has 45 heavy (non-hydrogen) atoms. The SMILES string of the molecule is COC(=O)C1=C(OC(=O)C(=Cc2ccc(Cl)cc2)c2ccccc2)C(C(=O)OC)C2(O)C(C(=O)OC)C(C)CC1C2C(=O)OC. The van der Waals surface area contributed by atoms with Crippen LogP contribution in [0.2, 0.25) is 5.02 Å². The summed E-state index contributed by atoms with van der Waals surface area (Å²) in [7, 11) is 4.25. The van der Waals surface area contributed by atoms with Gasteiger partial charge in [0.15, 0.2) is 0 Å². The van der Waals surface area contributed by atoms with E-state index in [1.807, 2.05) is 0 Å². The molecule has 0 radical (unpaired) electrons. The Kier molecular flexibility index (Phi) is 10.1. The lowest BCUT2D eigenvalue weighted by Crippen LogP contribution is -2.68. The van der Waals surface area contributed by atoms with Gasteiger partial charge in [-0.25, -0.2) is 9.59 Å². The minimum Gasteiger partial charge on any atom is -0.469 e. The van der Waals surface area contributed by atoms with Crippen molar-refractivity contribution in [3.63, 3.8) is 0 Å². The average Bonchev–Trinajstić information content (AvgIpc) is 3.03. The maximum absolute atomic E-state index is 14.1. The highest BCUT2D eigenvalue weighted by molar-refractivity contribution is 6.30. The molecular weight excluding hydrogens is 608 g/mol. The molecule has 2 aliphatic carbocycles. The van der Waals surface area contributed by atoms with Crippen molar-refractivity contribution in [2.24, 2.45) is 29.6 Å². The van der Waals surface area contributed by atoms with Crippen molar-refractivity contribution in [1.82, 2.24) is 0 Å². The summed E-state index contributed by atoms with van der Waals surface area (Å²) < 4.78 is 26.0. The summed E-state index contributed by atoms with van der Waals surface area (Å²) in [6.45, 7) is 1.61. The Morgan fingerprint density at radius 2 is 1.40 bits per heavy atom. The molecule has 1 saturated carbocycles. The zero-order chi connectivity index (χ0) is 33.1. The molecule has 11 nitrogen and oxygen atoms in total. The summed E-state index contributed by atoms with van der Waals surface area (Å²) in [5.74, 6) is -12.8. The van der Waals surface area contributed by atoms with E-state index in [0.717, 1.165) is 28.4 Å². The van der Waals surface area contributed by atoms with E-state index in [1.54, 1.807) is 61.5 Å². The van der Waals surface area contributed by atoms with Crippen molar-refractivity contribution in [2.45, 2.75) is 18.9 Å². The molecule has 0 saturated heterocycles. The molecule has 6 atom stereocenters. The fourth-order valence-corrected chi connectivity index (χ4v) is 6.64. The Labute approximate surface area is 264 Å². The second-order valence-corrected chi connectivity index (χ2v) is 11.2. The number of carbonyl (C=O) groups excluding carboxylic acids is 5. The molecule has 2 aromatic carbocycles. The number of fused-ring (bicyclic) bond motifs is 2. The van der Waals surface area contributed by atoms with E-state index in [1.165, 1.54) is 6.08 Å². The molecule has 4 rings (SSSR count). The maximum Gasteiger partial charge on any atom is 0.343 e. The maximum atomic E-state index is 14.1. The van der Waals surface area contributed by atoms with Crippen LogP contribution in [0, 0.1) is 29.6 Å². The normalized spacial score (nSPS) is 25.9. The quantitative estimate of drug-likeness (QED) is 0.195. The number of benzene rings is 2. The summed E-state index contributed by atoms with van der Waals surface area (Å²) in [5, 5.41) is 13.0. The summed E-state index contributed by atoms with van der Waals surface area (Å²) in [5.41, 5.74) is -1.92. The predicted octanol–water partition coefficient (Wildman–Crippen LogP) is 3.62. The number of carbonyl (C=O) groups is 5. The minimum atomic E-state index is -2.60. The molecule has 0 heterocycles. The highest BCUT2D eigenvalue weighted by atomic mass is 35.5. The van der Waals surface area contributed by atoms with Crippen LogP contribution in [-0.2, 0) is 47.7 Å². The molecule has 2 aliphatic rings. The molecule has 2 bridgehead atoms. The molecular formula is C33H33ClO11. The van der Waals surface area contributed by atoms with E-state index in [2.05, 4.69) is 0 Å². The van der Waals surface area contributed by atoms with Crippen molar-refractivity contribution >= 4 is 53.1 Å². The van der Waals surface area contributed by atoms with E-state index in [-0.39, 0.29) is 17.6 Å². The lowest BCUT2D eigenvalue weighted by atomic mass is 9.50. The van der Waals surface area contributed by atoms with Gasteiger partial charge < -0.3 is 28.8 Å². The van der Waals surface area contributed by atoms with Gasteiger partial charge in [0.2, 0.25) is 0 Å². The zero-order valence-electron chi connectivity index (χ0n) is 25.3. The molecule has 12 heteroatoms. The van der Waals surface area contributed by atoms with E-state index < -0.39 is 70.8 Å². The fourth-order valence-electron chi connectivity index (χ4n) is 6.51. The number of hydrogen-bond donors (Lipinski definition) is 1. The second kappa shape index (κ2) is 13.7. The van der Waals surface area contributed by atoms with Gasteiger partial charge in [0, 0.05) is 10.9 Å². The lowest BCUT2D eigenvalue weighted by Gasteiger charge is -2.55. The van der Waals surface area contributed by atoms with Gasteiger partial charge >= 0.3 is 29.8 Å². The van der Waals surface area contributed by atoms with Crippen LogP contribution in [0.5, 0.6) is 0 Å². The Morgan fingerprint density at radius 3 is 1.96 bits per heavy atom. The van der Waals surface area contributed by atoms with Gasteiger partial charge in [0.05, 0.1) is 51.4 Å². The Bertz CT molecular complexity index is 1550. The molecule has 0 spiro atoms. The van der Waals surface area contributed by atoms with E-state index >= 15 is 0 Å². The Morgan fingerprint density at radius 1 is 0.822 bits per heavy atom. The second-order valence-electron chi connectivity index (χ2n) is 10.8. The van der Waals surface area contributed by atoms with Crippen LogP contribution in [-0.4, -0.2) is 69.0 Å². The highest BCUT2D eigenvalue weighted by Gasteiger charge is 2.71. The number of halogens is 1. The van der Waals surface area contributed by atoms with Gasteiger partial charge in [0.1, 0.15) is 17.3 Å². The van der Waals surface area contributed by atoms with Crippen LogP contribution in [0.15, 0.2) is 65.9 Å². The van der Waals surface area contributed by atoms with Crippen LogP contribution in [0.25, 0.3) is 11.6 Å². The summed E-state index contributed by atoms with van der Waals surface area (Å²) >= 11 is 6.04. The largest absolute Gasteiger partial charge is 0.469 e. The number of esters is 5. The van der Waals surface area contributed by atoms with Crippen LogP contribution in [0.4, 0.5) is 0 Å². The standard InChI is InChI=1S/C33H33ClO11/c1-17-15-22-23(29(36)41-2)27(26(32(39)44-5)33(40,24(17)30(37)42-3)25(22)31(38)43-4)45-28(35)21(19-9-7-6-8-10-19)16-18-11-13-20(34)14-12-18/h6-14,16-17,22,24-26,40H,15H2,1-5H3. The van der Waals surface area contributed by atoms with Gasteiger partial charge in [0.25, 0.3) is 0 Å². The number of methoxy groups -OCH3 is 4. The average molecular weight is 641 g/mol. The van der Waals surface area contributed by atoms with Crippen LogP contribution in [0.3, 0.4) is 0 Å². The first-order valence-electron chi connectivity index (χ1n) is 14.0. The molecule has 1 N–H and O–H groups in total. The van der Waals surface area contributed by atoms with Crippen molar-refractivity contribution in [3.8, 4) is 0 Å². The molecule has 0 aromatic heterocycles. The first-order valence-corrected chi connectivity index (χ1v) is 14.3. The van der Waals surface area contributed by atoms with Crippen LogP contribution < -0.4 is 0 Å². The third kappa shape index (κ3) is 6.10. The lowest BCUT2D eigenvalue weighted by molar-refractivity contribution is -0.212. The summed E-state index contributed by atoms with van der Waals surface area (Å²) in [4.78, 5) is 67.7. The third-order valence-electron chi connectivity index (χ3n) is 8.40. The molecule has 2 aromatic rings. The van der Waals surface area contributed by atoms with Gasteiger partial charge in [-0.2, -0.15) is 0 Å². The Balaban J connectivity index is 2.00. The molecule has 6 unspecified atom stereocenters. The van der Waals surface area contributed by atoms with Crippen molar-refractivity contribution in [1.29, 1.82) is 0 Å². The monoisotopic (exact) mass is 640 g/mol. The van der Waals surface area contributed by atoms with Gasteiger partial charge in [-0.15, -0.1) is 0 Å². The van der Waals surface area contributed by atoms with E-state index in [0.29, 0.717) is 16.1 Å². The third-order valence-corrected chi connectivity index (χ3v) is 8.65. The van der Waals surface area contributed by atoms with Crippen molar-refractivity contribution < 1.29 is 52.8 Å². The molecule has 0 amide bonds. The van der Waals surface area contributed by atoms with Crippen LogP contribution in [0.1, 0.15) is 24.5 Å². The van der Waals surface area contributed by atoms with E-state index in [9.17, 15) is 29.1 Å². The molecule has 238 valence electrons. The fraction of sp³-hybridized carbons (Fsp3) is 0.364. The van der Waals surface area contributed by atoms with Crippen molar-refractivity contribution in [3.05, 3.63) is 82.1 Å². The molecule has 0 aliphatic heterocycles. The smallest absolute Gasteiger partial charge is 0.343 e. The van der Waals surface area contributed by atoms with E-state index in [4.69, 9.17) is 35.3 Å². The number of rotatable bonds is 8. The summed E-state index contributed by atoms with van der Waals surface area (Å²) in [6.07, 6.45) is 1.49.